The van der Waals surface area contributed by atoms with E-state index >= 15 is 0 Å². The summed E-state index contributed by atoms with van der Waals surface area (Å²) < 4.78 is 1.09. The van der Waals surface area contributed by atoms with Crippen LogP contribution in [0.15, 0.2) is 71.4 Å². The van der Waals surface area contributed by atoms with Gasteiger partial charge in [0.05, 0.1) is 5.69 Å². The van der Waals surface area contributed by atoms with E-state index in [-0.39, 0.29) is 16.6 Å². The standard InChI is InChI=1S/C26H21ClIN3O3/c1-14-5-4-6-21(16(14)3)31-25(33)22(27)23(26(31)34)29-19-10-7-17(8-11-19)24(32)30-20-12-9-18(28)13-15(20)2/h4-13,29H,1-3H3,(H,30,32). The van der Waals surface area contributed by atoms with Crippen LogP contribution >= 0.6 is 34.2 Å². The average Bonchev–Trinajstić information content (AvgIpc) is 3.01. The predicted octanol–water partition coefficient (Wildman–Crippen LogP) is 5.90. The van der Waals surface area contributed by atoms with Gasteiger partial charge in [-0.25, -0.2) is 4.90 Å². The van der Waals surface area contributed by atoms with Crippen molar-refractivity contribution in [2.75, 3.05) is 15.5 Å². The maximum absolute atomic E-state index is 13.1. The number of carbonyl (C=O) groups excluding carboxylic acids is 3. The smallest absolute Gasteiger partial charge is 0.283 e. The van der Waals surface area contributed by atoms with Gasteiger partial charge in [0, 0.05) is 20.5 Å². The van der Waals surface area contributed by atoms with Crippen LogP contribution in [0.5, 0.6) is 0 Å². The van der Waals surface area contributed by atoms with E-state index < -0.39 is 11.8 Å². The summed E-state index contributed by atoms with van der Waals surface area (Å²) in [5.41, 5.74) is 4.98. The molecule has 0 aliphatic carbocycles. The highest BCUT2D eigenvalue weighted by Crippen LogP contribution is 2.33. The number of hydrogen-bond acceptors (Lipinski definition) is 4. The Morgan fingerprint density at radius 1 is 0.912 bits per heavy atom. The number of imide groups is 1. The number of aryl methyl sites for hydroxylation is 2. The van der Waals surface area contributed by atoms with E-state index in [4.69, 9.17) is 11.6 Å². The number of nitrogens with zero attached hydrogens (tertiary/aromatic N) is 1. The lowest BCUT2D eigenvalue weighted by molar-refractivity contribution is -0.120. The summed E-state index contributed by atoms with van der Waals surface area (Å²) in [4.78, 5) is 39.6. The van der Waals surface area contributed by atoms with E-state index in [1.165, 1.54) is 0 Å². The molecule has 3 amide bonds. The molecule has 4 rings (SSSR count). The van der Waals surface area contributed by atoms with Crippen LogP contribution in [0.25, 0.3) is 0 Å². The summed E-state index contributed by atoms with van der Waals surface area (Å²) in [5.74, 6) is -1.35. The molecule has 0 bridgehead atoms. The number of hydrogen-bond donors (Lipinski definition) is 2. The number of anilines is 3. The summed E-state index contributed by atoms with van der Waals surface area (Å²) in [5, 5.41) is 5.66. The van der Waals surface area contributed by atoms with Gasteiger partial charge in [-0.2, -0.15) is 0 Å². The van der Waals surface area contributed by atoms with Gasteiger partial charge in [-0.05, 0) is 109 Å². The van der Waals surface area contributed by atoms with Crippen molar-refractivity contribution < 1.29 is 14.4 Å². The lowest BCUT2D eigenvalue weighted by Crippen LogP contribution is -2.33. The predicted molar refractivity (Wildman–Crippen MR) is 143 cm³/mol. The number of rotatable bonds is 5. The van der Waals surface area contributed by atoms with Gasteiger partial charge in [-0.3, -0.25) is 14.4 Å². The minimum Gasteiger partial charge on any atom is -0.350 e. The van der Waals surface area contributed by atoms with Gasteiger partial charge in [0.1, 0.15) is 10.7 Å². The topological polar surface area (TPSA) is 78.5 Å². The normalized spacial score (nSPS) is 13.5. The maximum atomic E-state index is 13.1. The Balaban J connectivity index is 1.50. The van der Waals surface area contributed by atoms with E-state index in [0.717, 1.165) is 30.8 Å². The Bertz CT molecular complexity index is 1370. The van der Waals surface area contributed by atoms with Gasteiger partial charge < -0.3 is 10.6 Å². The third kappa shape index (κ3) is 4.58. The van der Waals surface area contributed by atoms with Gasteiger partial charge >= 0.3 is 0 Å². The highest BCUT2D eigenvalue weighted by Gasteiger charge is 2.39. The van der Waals surface area contributed by atoms with Crippen LogP contribution in [-0.2, 0) is 9.59 Å². The second kappa shape index (κ2) is 9.60. The van der Waals surface area contributed by atoms with Crippen LogP contribution < -0.4 is 15.5 Å². The molecule has 172 valence electrons. The van der Waals surface area contributed by atoms with Crippen molar-refractivity contribution in [1.29, 1.82) is 0 Å². The fraction of sp³-hybridized carbons (Fsp3) is 0.115. The first-order valence-corrected chi connectivity index (χ1v) is 11.9. The van der Waals surface area contributed by atoms with Crippen LogP contribution in [0.3, 0.4) is 0 Å². The first-order valence-electron chi connectivity index (χ1n) is 10.5. The molecule has 0 spiro atoms. The Hall–Kier alpha value is -3.17. The Kier molecular flexibility index (Phi) is 6.77. The van der Waals surface area contributed by atoms with E-state index in [1.54, 1.807) is 36.4 Å². The Morgan fingerprint density at radius 3 is 2.29 bits per heavy atom. The third-order valence-corrected chi connectivity index (χ3v) is 6.72. The summed E-state index contributed by atoms with van der Waals surface area (Å²) in [7, 11) is 0. The molecule has 1 heterocycles. The SMILES string of the molecule is Cc1cc(I)ccc1NC(=O)c1ccc(NC2=C(Cl)C(=O)N(c3cccc(C)c3C)C2=O)cc1. The molecular weight excluding hydrogens is 565 g/mol. The lowest BCUT2D eigenvalue weighted by atomic mass is 10.1. The third-order valence-electron chi connectivity index (χ3n) is 5.70. The van der Waals surface area contributed by atoms with Gasteiger partial charge in [0.2, 0.25) is 0 Å². The van der Waals surface area contributed by atoms with E-state index in [0.29, 0.717) is 16.9 Å². The molecule has 0 atom stereocenters. The molecule has 1 aliphatic rings. The average molecular weight is 586 g/mol. The fourth-order valence-electron chi connectivity index (χ4n) is 3.62. The van der Waals surface area contributed by atoms with E-state index in [9.17, 15) is 14.4 Å². The summed E-state index contributed by atoms with van der Waals surface area (Å²) in [6.45, 7) is 5.70. The molecule has 3 aromatic carbocycles. The van der Waals surface area contributed by atoms with Crippen LogP contribution in [0.4, 0.5) is 17.1 Å². The van der Waals surface area contributed by atoms with Gasteiger partial charge in [-0.1, -0.05) is 23.7 Å². The molecule has 8 heteroatoms. The first-order chi connectivity index (χ1) is 16.2. The highest BCUT2D eigenvalue weighted by atomic mass is 127. The molecule has 1 aliphatic heterocycles. The molecule has 0 fully saturated rings. The quantitative estimate of drug-likeness (QED) is 0.289. The molecule has 0 unspecified atom stereocenters. The van der Waals surface area contributed by atoms with Crippen LogP contribution in [0.2, 0.25) is 0 Å². The Labute approximate surface area is 216 Å². The molecule has 0 radical (unpaired) electrons. The van der Waals surface area contributed by atoms with E-state index in [2.05, 4.69) is 33.2 Å². The summed E-state index contributed by atoms with van der Waals surface area (Å²) in [6, 6.07) is 17.8. The van der Waals surface area contributed by atoms with Crippen molar-refractivity contribution in [2.45, 2.75) is 20.8 Å². The first kappa shape index (κ1) is 24.0. The Morgan fingerprint density at radius 2 is 1.62 bits per heavy atom. The monoisotopic (exact) mass is 585 g/mol. The van der Waals surface area contributed by atoms with Crippen molar-refractivity contribution in [3.05, 3.63) is 97.2 Å². The zero-order valence-corrected chi connectivity index (χ0v) is 21.6. The maximum Gasteiger partial charge on any atom is 0.283 e. The molecule has 3 aromatic rings. The second-order valence-electron chi connectivity index (χ2n) is 7.97. The molecule has 34 heavy (non-hydrogen) atoms. The van der Waals surface area contributed by atoms with Crippen molar-refractivity contribution >= 4 is 69.0 Å². The van der Waals surface area contributed by atoms with Crippen molar-refractivity contribution in [3.8, 4) is 0 Å². The minimum atomic E-state index is -0.577. The molecule has 6 nitrogen and oxygen atoms in total. The number of amides is 3. The molecule has 0 saturated carbocycles. The lowest BCUT2D eigenvalue weighted by Gasteiger charge is -2.18. The second-order valence-corrected chi connectivity index (χ2v) is 9.59. The van der Waals surface area contributed by atoms with Crippen molar-refractivity contribution in [2.24, 2.45) is 0 Å². The molecule has 0 saturated heterocycles. The van der Waals surface area contributed by atoms with Gasteiger partial charge in [0.25, 0.3) is 17.7 Å². The minimum absolute atomic E-state index is 0.000660. The largest absolute Gasteiger partial charge is 0.350 e. The van der Waals surface area contributed by atoms with Crippen LogP contribution in [-0.4, -0.2) is 17.7 Å². The fourth-order valence-corrected chi connectivity index (χ4v) is 4.48. The van der Waals surface area contributed by atoms with Crippen molar-refractivity contribution in [3.63, 3.8) is 0 Å². The zero-order valence-electron chi connectivity index (χ0n) is 18.7. The highest BCUT2D eigenvalue weighted by molar-refractivity contribution is 14.1. The molecule has 2 N–H and O–H groups in total. The molecule has 0 aromatic heterocycles. The van der Waals surface area contributed by atoms with Crippen LogP contribution in [0.1, 0.15) is 27.0 Å². The number of nitrogens with one attached hydrogen (secondary N) is 2. The number of halogens is 2. The van der Waals surface area contributed by atoms with Gasteiger partial charge in [-0.15, -0.1) is 0 Å². The summed E-state index contributed by atoms with van der Waals surface area (Å²) in [6.07, 6.45) is 0. The number of benzene rings is 3. The van der Waals surface area contributed by atoms with E-state index in [1.807, 2.05) is 45.0 Å². The number of carbonyl (C=O) groups is 3. The van der Waals surface area contributed by atoms with Crippen molar-refractivity contribution in [1.82, 2.24) is 0 Å². The van der Waals surface area contributed by atoms with Gasteiger partial charge in [0.15, 0.2) is 0 Å². The molecular formula is C26H21ClIN3O3. The zero-order chi connectivity index (χ0) is 24.6. The van der Waals surface area contributed by atoms with Crippen LogP contribution in [0, 0.1) is 24.3 Å². The summed E-state index contributed by atoms with van der Waals surface area (Å²) >= 11 is 8.47.